The summed E-state index contributed by atoms with van der Waals surface area (Å²) in [6.45, 7) is 1.71. The molecule has 1 heterocycles. The van der Waals surface area contributed by atoms with Crippen LogP contribution in [0.5, 0.6) is 0 Å². The molecule has 3 nitrogen and oxygen atoms in total. The number of aromatic nitrogens is 2. The quantitative estimate of drug-likeness (QED) is 0.633. The molecule has 0 radical (unpaired) electrons. The molecule has 0 aliphatic rings. The second kappa shape index (κ2) is 2.60. The van der Waals surface area contributed by atoms with Gasteiger partial charge in [0.15, 0.2) is 11.6 Å². The molecule has 1 N–H and O–H groups in total. The van der Waals surface area contributed by atoms with Gasteiger partial charge in [0.05, 0.1) is 6.20 Å². The van der Waals surface area contributed by atoms with Crippen molar-refractivity contribution in [2.45, 2.75) is 6.92 Å². The SMILES string of the molecule is CNc1nc(C)ncc1F. The molecule has 10 heavy (non-hydrogen) atoms. The molecular weight excluding hydrogens is 133 g/mol. The number of hydrogen-bond acceptors (Lipinski definition) is 3. The summed E-state index contributed by atoms with van der Waals surface area (Å²) in [5.41, 5.74) is 0. The molecule has 0 unspecified atom stereocenters. The van der Waals surface area contributed by atoms with Crippen LogP contribution in [0.3, 0.4) is 0 Å². The van der Waals surface area contributed by atoms with Crippen molar-refractivity contribution >= 4 is 5.82 Å². The molecule has 1 aromatic rings. The summed E-state index contributed by atoms with van der Waals surface area (Å²) in [5, 5.41) is 2.61. The number of nitrogens with one attached hydrogen (secondary N) is 1. The fraction of sp³-hybridized carbons (Fsp3) is 0.333. The predicted octanol–water partition coefficient (Wildman–Crippen LogP) is 0.966. The van der Waals surface area contributed by atoms with E-state index in [1.807, 2.05) is 0 Å². The zero-order chi connectivity index (χ0) is 7.56. The summed E-state index contributed by atoms with van der Waals surface area (Å²) >= 11 is 0. The number of rotatable bonds is 1. The van der Waals surface area contributed by atoms with Crippen LogP contribution in [-0.4, -0.2) is 17.0 Å². The minimum atomic E-state index is -0.423. The van der Waals surface area contributed by atoms with Gasteiger partial charge in [-0.2, -0.15) is 0 Å². The number of hydrogen-bond donors (Lipinski definition) is 1. The van der Waals surface area contributed by atoms with Gasteiger partial charge in [-0.25, -0.2) is 14.4 Å². The van der Waals surface area contributed by atoms with E-state index in [-0.39, 0.29) is 5.82 Å². The van der Waals surface area contributed by atoms with E-state index in [0.29, 0.717) is 5.82 Å². The maximum absolute atomic E-state index is 12.6. The van der Waals surface area contributed by atoms with Gasteiger partial charge in [-0.05, 0) is 6.92 Å². The highest BCUT2D eigenvalue weighted by molar-refractivity contribution is 5.33. The first-order chi connectivity index (χ1) is 4.74. The van der Waals surface area contributed by atoms with Gasteiger partial charge in [-0.3, -0.25) is 0 Å². The van der Waals surface area contributed by atoms with Crippen molar-refractivity contribution in [3.8, 4) is 0 Å². The Morgan fingerprint density at radius 1 is 1.60 bits per heavy atom. The van der Waals surface area contributed by atoms with Crippen LogP contribution in [0.15, 0.2) is 6.20 Å². The van der Waals surface area contributed by atoms with Gasteiger partial charge in [-0.15, -0.1) is 0 Å². The zero-order valence-corrected chi connectivity index (χ0v) is 5.85. The first kappa shape index (κ1) is 6.92. The minimum absolute atomic E-state index is 0.243. The normalized spacial score (nSPS) is 9.50. The lowest BCUT2D eigenvalue weighted by Gasteiger charge is -1.99. The van der Waals surface area contributed by atoms with Crippen LogP contribution in [-0.2, 0) is 0 Å². The molecule has 0 aliphatic heterocycles. The molecular formula is C6H8FN3. The Labute approximate surface area is 58.3 Å². The molecule has 0 saturated heterocycles. The largest absolute Gasteiger partial charge is 0.371 e. The van der Waals surface area contributed by atoms with Crippen molar-refractivity contribution in [3.63, 3.8) is 0 Å². The van der Waals surface area contributed by atoms with Crippen LogP contribution in [0.2, 0.25) is 0 Å². The average Bonchev–Trinajstić information content (AvgIpc) is 1.94. The van der Waals surface area contributed by atoms with Crippen molar-refractivity contribution in [3.05, 3.63) is 17.8 Å². The lowest BCUT2D eigenvalue weighted by molar-refractivity contribution is 0.616. The van der Waals surface area contributed by atoms with E-state index in [1.54, 1.807) is 14.0 Å². The third-order valence-electron chi connectivity index (χ3n) is 1.10. The predicted molar refractivity (Wildman–Crippen MR) is 36.3 cm³/mol. The van der Waals surface area contributed by atoms with Crippen molar-refractivity contribution in [2.75, 3.05) is 12.4 Å². The van der Waals surface area contributed by atoms with Crippen LogP contribution in [0.1, 0.15) is 5.82 Å². The van der Waals surface area contributed by atoms with Crippen LogP contribution in [0, 0.1) is 12.7 Å². The Morgan fingerprint density at radius 2 is 2.30 bits per heavy atom. The molecule has 1 rings (SSSR count). The van der Waals surface area contributed by atoms with E-state index < -0.39 is 5.82 Å². The van der Waals surface area contributed by atoms with E-state index in [1.165, 1.54) is 0 Å². The second-order valence-electron chi connectivity index (χ2n) is 1.86. The van der Waals surface area contributed by atoms with Crippen molar-refractivity contribution in [1.82, 2.24) is 9.97 Å². The average molecular weight is 141 g/mol. The van der Waals surface area contributed by atoms with Gasteiger partial charge in [0.25, 0.3) is 0 Å². The second-order valence-corrected chi connectivity index (χ2v) is 1.86. The molecule has 54 valence electrons. The van der Waals surface area contributed by atoms with Gasteiger partial charge in [0, 0.05) is 7.05 Å². The van der Waals surface area contributed by atoms with Gasteiger partial charge in [-0.1, -0.05) is 0 Å². The van der Waals surface area contributed by atoms with Crippen molar-refractivity contribution < 1.29 is 4.39 Å². The summed E-state index contributed by atoms with van der Waals surface area (Å²) in [6.07, 6.45) is 1.15. The van der Waals surface area contributed by atoms with Gasteiger partial charge >= 0.3 is 0 Å². The Hall–Kier alpha value is -1.19. The molecule has 0 atom stereocenters. The van der Waals surface area contributed by atoms with Gasteiger partial charge in [0.2, 0.25) is 0 Å². The van der Waals surface area contributed by atoms with E-state index in [0.717, 1.165) is 6.20 Å². The zero-order valence-electron chi connectivity index (χ0n) is 5.85. The number of anilines is 1. The van der Waals surface area contributed by atoms with E-state index in [2.05, 4.69) is 15.3 Å². The summed E-state index contributed by atoms with van der Waals surface area (Å²) in [5.74, 6) is 0.381. The molecule has 0 spiro atoms. The Bertz CT molecular complexity index is 236. The maximum atomic E-state index is 12.6. The Morgan fingerprint density at radius 3 is 2.80 bits per heavy atom. The van der Waals surface area contributed by atoms with E-state index >= 15 is 0 Å². The molecule has 0 aromatic carbocycles. The molecule has 4 heteroatoms. The highest BCUT2D eigenvalue weighted by atomic mass is 19.1. The smallest absolute Gasteiger partial charge is 0.183 e. The van der Waals surface area contributed by atoms with Crippen LogP contribution in [0.4, 0.5) is 10.2 Å². The fourth-order valence-corrected chi connectivity index (χ4v) is 0.631. The van der Waals surface area contributed by atoms with Crippen LogP contribution in [0.25, 0.3) is 0 Å². The molecule has 0 saturated carbocycles. The molecule has 0 amide bonds. The Balaban J connectivity index is 3.09. The molecule has 0 bridgehead atoms. The fourth-order valence-electron chi connectivity index (χ4n) is 0.631. The topological polar surface area (TPSA) is 37.8 Å². The lowest BCUT2D eigenvalue weighted by atomic mass is 10.5. The third kappa shape index (κ3) is 1.21. The third-order valence-corrected chi connectivity index (χ3v) is 1.10. The number of aryl methyl sites for hydroxylation is 1. The highest BCUT2D eigenvalue weighted by Gasteiger charge is 2.00. The van der Waals surface area contributed by atoms with Gasteiger partial charge in [0.1, 0.15) is 5.82 Å². The van der Waals surface area contributed by atoms with E-state index in [4.69, 9.17) is 0 Å². The highest BCUT2D eigenvalue weighted by Crippen LogP contribution is 2.06. The lowest BCUT2D eigenvalue weighted by Crippen LogP contribution is -1.99. The summed E-state index contributed by atoms with van der Waals surface area (Å²) in [7, 11) is 1.62. The number of halogens is 1. The summed E-state index contributed by atoms with van der Waals surface area (Å²) in [6, 6.07) is 0. The summed E-state index contributed by atoms with van der Waals surface area (Å²) in [4.78, 5) is 7.46. The molecule has 0 fully saturated rings. The first-order valence-electron chi connectivity index (χ1n) is 2.91. The minimum Gasteiger partial charge on any atom is -0.371 e. The monoisotopic (exact) mass is 141 g/mol. The first-order valence-corrected chi connectivity index (χ1v) is 2.91. The Kier molecular flexibility index (Phi) is 1.80. The van der Waals surface area contributed by atoms with Crippen LogP contribution < -0.4 is 5.32 Å². The summed E-state index contributed by atoms with van der Waals surface area (Å²) < 4.78 is 12.6. The standard InChI is InChI=1S/C6H8FN3/c1-4-9-3-5(7)6(8-2)10-4/h3H,1-2H3,(H,8,9,10). The van der Waals surface area contributed by atoms with Crippen molar-refractivity contribution in [1.29, 1.82) is 0 Å². The van der Waals surface area contributed by atoms with Crippen LogP contribution >= 0.6 is 0 Å². The molecule has 0 aliphatic carbocycles. The molecule has 1 aromatic heterocycles. The van der Waals surface area contributed by atoms with Gasteiger partial charge < -0.3 is 5.32 Å². The van der Waals surface area contributed by atoms with E-state index in [9.17, 15) is 4.39 Å². The van der Waals surface area contributed by atoms with Crippen molar-refractivity contribution in [2.24, 2.45) is 0 Å². The number of nitrogens with zero attached hydrogens (tertiary/aromatic N) is 2. The maximum Gasteiger partial charge on any atom is 0.183 e.